The van der Waals surface area contributed by atoms with Gasteiger partial charge in [-0.15, -0.1) is 0 Å². The number of hydrogen-bond donors (Lipinski definition) is 1. The predicted molar refractivity (Wildman–Crippen MR) is 82.5 cm³/mol. The third kappa shape index (κ3) is 4.32. The largest absolute Gasteiger partial charge is 0.489 e. The minimum atomic E-state index is -0.308. The Labute approximate surface area is 127 Å². The Morgan fingerprint density at radius 3 is 2.60 bits per heavy atom. The van der Waals surface area contributed by atoms with E-state index in [1.165, 1.54) is 17.7 Å². The molecule has 0 aliphatic heterocycles. The normalized spacial score (nSPS) is 10.6. The molecule has 0 atom stereocenters. The van der Waals surface area contributed by atoms with Crippen LogP contribution in [0.1, 0.15) is 11.1 Å². The summed E-state index contributed by atoms with van der Waals surface area (Å²) in [6.07, 6.45) is 0.947. The summed E-state index contributed by atoms with van der Waals surface area (Å²) in [6.45, 7) is 1.36. The van der Waals surface area contributed by atoms with Gasteiger partial charge in [-0.05, 0) is 43.3 Å². The Bertz CT molecular complexity index is 554. The van der Waals surface area contributed by atoms with E-state index >= 15 is 0 Å². The van der Waals surface area contributed by atoms with E-state index in [1.54, 1.807) is 6.07 Å². The number of benzene rings is 2. The van der Waals surface area contributed by atoms with Crippen LogP contribution in [0.5, 0.6) is 5.75 Å². The van der Waals surface area contributed by atoms with E-state index < -0.39 is 0 Å². The molecule has 0 aliphatic carbocycles. The van der Waals surface area contributed by atoms with Crippen molar-refractivity contribution in [3.63, 3.8) is 0 Å². The van der Waals surface area contributed by atoms with Crippen LogP contribution in [-0.4, -0.2) is 13.6 Å². The number of ether oxygens (including phenoxy) is 1. The van der Waals surface area contributed by atoms with E-state index in [2.05, 4.69) is 27.3 Å². The van der Waals surface area contributed by atoms with Crippen molar-refractivity contribution in [2.75, 3.05) is 13.6 Å². The van der Waals surface area contributed by atoms with Crippen molar-refractivity contribution >= 4 is 15.9 Å². The number of rotatable bonds is 6. The van der Waals surface area contributed by atoms with Gasteiger partial charge < -0.3 is 10.1 Å². The monoisotopic (exact) mass is 337 g/mol. The van der Waals surface area contributed by atoms with Crippen molar-refractivity contribution in [2.24, 2.45) is 0 Å². The standard InChI is InChI=1S/C16H17BrFNO/c1-19-7-6-12-4-2-3-5-13(12)11-20-16-9-14(17)8-15(18)10-16/h2-5,8-10,19H,6-7,11H2,1H3. The fourth-order valence-corrected chi connectivity index (χ4v) is 2.42. The molecule has 106 valence electrons. The molecular weight excluding hydrogens is 321 g/mol. The van der Waals surface area contributed by atoms with E-state index in [0.717, 1.165) is 18.5 Å². The molecule has 0 unspecified atom stereocenters. The van der Waals surface area contributed by atoms with Gasteiger partial charge in [-0.25, -0.2) is 4.39 Å². The van der Waals surface area contributed by atoms with Crippen LogP contribution in [0.3, 0.4) is 0 Å². The summed E-state index contributed by atoms with van der Waals surface area (Å²) in [5.41, 5.74) is 2.38. The zero-order chi connectivity index (χ0) is 14.4. The van der Waals surface area contributed by atoms with Gasteiger partial charge in [0.25, 0.3) is 0 Å². The molecule has 0 aliphatic rings. The Morgan fingerprint density at radius 1 is 1.15 bits per heavy atom. The first-order chi connectivity index (χ1) is 9.69. The molecule has 0 heterocycles. The molecule has 0 aromatic heterocycles. The smallest absolute Gasteiger partial charge is 0.128 e. The first kappa shape index (κ1) is 15.0. The Hall–Kier alpha value is -1.39. The first-order valence-corrected chi connectivity index (χ1v) is 7.28. The van der Waals surface area contributed by atoms with Gasteiger partial charge in [0.05, 0.1) is 0 Å². The summed E-state index contributed by atoms with van der Waals surface area (Å²) < 4.78 is 19.6. The van der Waals surface area contributed by atoms with Crippen molar-refractivity contribution in [1.29, 1.82) is 0 Å². The van der Waals surface area contributed by atoms with Gasteiger partial charge in [0, 0.05) is 10.5 Å². The predicted octanol–water partition coefficient (Wildman–Crippen LogP) is 3.93. The van der Waals surface area contributed by atoms with Gasteiger partial charge in [-0.2, -0.15) is 0 Å². The highest BCUT2D eigenvalue weighted by Gasteiger charge is 2.04. The minimum absolute atomic E-state index is 0.308. The fraction of sp³-hybridized carbons (Fsp3) is 0.250. The topological polar surface area (TPSA) is 21.3 Å². The minimum Gasteiger partial charge on any atom is -0.489 e. The van der Waals surface area contributed by atoms with Gasteiger partial charge in [-0.1, -0.05) is 40.2 Å². The molecule has 2 rings (SSSR count). The molecule has 4 heteroatoms. The maximum Gasteiger partial charge on any atom is 0.128 e. The zero-order valence-electron chi connectivity index (χ0n) is 11.3. The number of hydrogen-bond acceptors (Lipinski definition) is 2. The van der Waals surface area contributed by atoms with Crippen molar-refractivity contribution in [1.82, 2.24) is 5.32 Å². The van der Waals surface area contributed by atoms with E-state index in [0.29, 0.717) is 16.8 Å². The molecule has 0 fully saturated rings. The van der Waals surface area contributed by atoms with Gasteiger partial charge in [0.15, 0.2) is 0 Å². The third-order valence-electron chi connectivity index (χ3n) is 2.99. The van der Waals surface area contributed by atoms with Crippen LogP contribution < -0.4 is 10.1 Å². The van der Waals surface area contributed by atoms with Crippen molar-refractivity contribution < 1.29 is 9.13 Å². The summed E-state index contributed by atoms with van der Waals surface area (Å²) >= 11 is 3.26. The molecule has 20 heavy (non-hydrogen) atoms. The average molecular weight is 338 g/mol. The van der Waals surface area contributed by atoms with Gasteiger partial charge in [0.2, 0.25) is 0 Å². The highest BCUT2D eigenvalue weighted by atomic mass is 79.9. The average Bonchev–Trinajstić information content (AvgIpc) is 2.43. The number of nitrogens with one attached hydrogen (secondary N) is 1. The second kappa shape index (κ2) is 7.41. The van der Waals surface area contributed by atoms with Crippen LogP contribution in [-0.2, 0) is 13.0 Å². The van der Waals surface area contributed by atoms with E-state index in [9.17, 15) is 4.39 Å². The Morgan fingerprint density at radius 2 is 1.90 bits per heavy atom. The molecule has 0 spiro atoms. The van der Waals surface area contributed by atoms with E-state index in [1.807, 2.05) is 25.2 Å². The SMILES string of the molecule is CNCCc1ccccc1COc1cc(F)cc(Br)c1. The molecule has 1 N–H and O–H groups in total. The summed E-state index contributed by atoms with van der Waals surface area (Å²) in [5, 5.41) is 3.14. The number of halogens is 2. The quantitative estimate of drug-likeness (QED) is 0.862. The molecule has 0 saturated heterocycles. The van der Waals surface area contributed by atoms with Crippen LogP contribution in [0, 0.1) is 5.82 Å². The van der Waals surface area contributed by atoms with Gasteiger partial charge in [-0.3, -0.25) is 0 Å². The maximum absolute atomic E-state index is 13.3. The van der Waals surface area contributed by atoms with Crippen LogP contribution in [0.2, 0.25) is 0 Å². The highest BCUT2D eigenvalue weighted by molar-refractivity contribution is 9.10. The molecule has 0 amide bonds. The van der Waals surface area contributed by atoms with Gasteiger partial charge in [0.1, 0.15) is 18.2 Å². The zero-order valence-corrected chi connectivity index (χ0v) is 12.9. The lowest BCUT2D eigenvalue weighted by Crippen LogP contribution is -2.12. The lowest BCUT2D eigenvalue weighted by molar-refractivity contribution is 0.303. The Kier molecular flexibility index (Phi) is 5.56. The summed E-state index contributed by atoms with van der Waals surface area (Å²) in [7, 11) is 1.93. The van der Waals surface area contributed by atoms with Crippen molar-refractivity contribution in [3.8, 4) is 5.75 Å². The molecule has 0 bridgehead atoms. The molecule has 0 radical (unpaired) electrons. The van der Waals surface area contributed by atoms with Crippen molar-refractivity contribution in [3.05, 3.63) is 63.9 Å². The second-order valence-electron chi connectivity index (χ2n) is 4.52. The van der Waals surface area contributed by atoms with Crippen LogP contribution in [0.25, 0.3) is 0 Å². The molecule has 2 aromatic carbocycles. The lowest BCUT2D eigenvalue weighted by atomic mass is 10.1. The van der Waals surface area contributed by atoms with Gasteiger partial charge >= 0.3 is 0 Å². The van der Waals surface area contributed by atoms with E-state index in [4.69, 9.17) is 4.74 Å². The van der Waals surface area contributed by atoms with E-state index in [-0.39, 0.29) is 5.82 Å². The summed E-state index contributed by atoms with van der Waals surface area (Å²) in [6, 6.07) is 12.7. The second-order valence-corrected chi connectivity index (χ2v) is 5.43. The van der Waals surface area contributed by atoms with Crippen LogP contribution in [0.4, 0.5) is 4.39 Å². The molecular formula is C16H17BrFNO. The lowest BCUT2D eigenvalue weighted by Gasteiger charge is -2.11. The van der Waals surface area contributed by atoms with Crippen LogP contribution >= 0.6 is 15.9 Å². The summed E-state index contributed by atoms with van der Waals surface area (Å²) in [5.74, 6) is 0.220. The van der Waals surface area contributed by atoms with Crippen LogP contribution in [0.15, 0.2) is 46.9 Å². The Balaban J connectivity index is 2.06. The highest BCUT2D eigenvalue weighted by Crippen LogP contribution is 2.22. The fourth-order valence-electron chi connectivity index (χ4n) is 1.97. The number of likely N-dealkylation sites (N-methyl/N-ethyl adjacent to an activating group) is 1. The third-order valence-corrected chi connectivity index (χ3v) is 3.45. The maximum atomic E-state index is 13.3. The summed E-state index contributed by atoms with van der Waals surface area (Å²) in [4.78, 5) is 0. The van der Waals surface area contributed by atoms with Crippen molar-refractivity contribution in [2.45, 2.75) is 13.0 Å². The first-order valence-electron chi connectivity index (χ1n) is 6.49. The molecule has 0 saturated carbocycles. The molecule has 2 nitrogen and oxygen atoms in total. The molecule has 2 aromatic rings.